The number of halogens is 11. The van der Waals surface area contributed by atoms with Gasteiger partial charge in [-0.3, -0.25) is 14.9 Å². The molecule has 25 heteroatoms. The number of nitrogens with zero attached hydrogens (tertiary/aromatic N) is 2. The van der Waals surface area contributed by atoms with E-state index in [-0.39, 0.29) is 109 Å². The number of amides is 1. The van der Waals surface area contributed by atoms with Gasteiger partial charge in [0.15, 0.2) is 58.2 Å². The maximum Gasteiger partial charge on any atom is 0.419 e. The van der Waals surface area contributed by atoms with Crippen LogP contribution in [0.5, 0.6) is 40.2 Å². The predicted octanol–water partition coefficient (Wildman–Crippen LogP) is 8.44. The second kappa shape index (κ2) is 53.3. The summed E-state index contributed by atoms with van der Waals surface area (Å²) in [5.74, 6) is 7.32. The third-order valence-corrected chi connectivity index (χ3v) is 43.4. The molecule has 0 unspecified atom stereocenters. The lowest BCUT2D eigenvalue weighted by atomic mass is 9.48. The maximum absolute atomic E-state index is 13.5. The number of esters is 1. The summed E-state index contributed by atoms with van der Waals surface area (Å²) in [5, 5.41) is 11.2. The number of benzene rings is 12. The Morgan fingerprint density at radius 3 is 1.22 bits per heavy atom. The number of carbonyl (C=O) groups is 2. The maximum atomic E-state index is 13.5. The molecular weight excluding hydrogens is 2450 g/mol. The van der Waals surface area contributed by atoms with Crippen LogP contribution in [0.15, 0.2) is 267 Å². The van der Waals surface area contributed by atoms with E-state index in [1.54, 1.807) is 42.5 Å². The lowest BCUT2D eigenvalue weighted by Gasteiger charge is -2.57. The molecule has 139 heavy (non-hydrogen) atoms. The van der Waals surface area contributed by atoms with E-state index in [4.69, 9.17) is 33.2 Å². The van der Waals surface area contributed by atoms with Crippen LogP contribution < -0.4 is 165 Å². The van der Waals surface area contributed by atoms with Gasteiger partial charge in [0.05, 0.1) is 60.3 Å². The highest BCUT2D eigenvalue weighted by Crippen LogP contribution is 2.61. The SMILES string of the molecule is COC(=O)COc1ccc([I+]c2ccccc2)cc1.COc1cc(OC)c([I+]c2cc(F)ccc2[N+](=O)[O-])c(OC)c1.COc1cc(OC)c([I+]c2ccc(F)c(C(F)(F)F)c2)c(OC)c1.O=C1CCCN1c1ccc([I+]c2ccccc2)cc1.c1ccc([I+]c2c(C3CCCCC3)cc(C3CCCCC3)cc2C2CCCCC2)cc1.c1ccc([I+]c2ccc(C34CC5CC(CC(C5)C3)C4)cc2)cc1. The molecule has 4 bridgehead atoms. The van der Waals surface area contributed by atoms with Gasteiger partial charge in [-0.15, -0.1) is 0 Å². The summed E-state index contributed by atoms with van der Waals surface area (Å²) < 4.78 is 121. The summed E-state index contributed by atoms with van der Waals surface area (Å²) in [6, 6.07) is 88.4. The first kappa shape index (κ1) is 106. The molecule has 1 aliphatic heterocycles. The molecule has 0 atom stereocenters. The van der Waals surface area contributed by atoms with Gasteiger partial charge in [-0.2, -0.15) is 13.2 Å². The van der Waals surface area contributed by atoms with E-state index >= 15 is 0 Å². The Bertz CT molecular complexity index is 5830. The summed E-state index contributed by atoms with van der Waals surface area (Å²) in [4.78, 5) is 35.2. The number of nitro groups is 1. The zero-order valence-electron chi connectivity index (χ0n) is 79.5. The van der Waals surface area contributed by atoms with Crippen molar-refractivity contribution in [1.82, 2.24) is 0 Å². The van der Waals surface area contributed by atoms with E-state index in [1.165, 1.54) is 221 Å². The lowest BCUT2D eigenvalue weighted by Crippen LogP contribution is -3.62. The fourth-order valence-electron chi connectivity index (χ4n) is 19.8. The van der Waals surface area contributed by atoms with Crippen LogP contribution in [0.3, 0.4) is 0 Å². The number of rotatable bonds is 27. The van der Waals surface area contributed by atoms with Gasteiger partial charge in [0.25, 0.3) is 10.7 Å². The van der Waals surface area contributed by atoms with Crippen molar-refractivity contribution in [3.8, 4) is 40.2 Å². The minimum absolute atomic E-state index is 0.0193. The summed E-state index contributed by atoms with van der Waals surface area (Å²) in [7, 11) is 10.2. The number of nitro benzene ring substituents is 1. The van der Waals surface area contributed by atoms with Crippen molar-refractivity contribution in [3.05, 3.63) is 359 Å². The van der Waals surface area contributed by atoms with Gasteiger partial charge in [-0.25, -0.2) is 13.6 Å². The molecule has 14 nitrogen and oxygen atoms in total. The van der Waals surface area contributed by atoms with Crippen LogP contribution in [0.1, 0.15) is 193 Å². The smallest absolute Gasteiger partial charge is 0.419 e. The molecule has 7 saturated carbocycles. The average Bonchev–Trinajstić information content (AvgIpc) is 0.809. The van der Waals surface area contributed by atoms with Crippen molar-refractivity contribution >= 4 is 23.3 Å². The fraction of sp³-hybridized carbons (Fsp3) is 0.351. The quantitative estimate of drug-likeness (QED) is 0.0160. The standard InChI is InChI=1S/C30H40I.C22H24I.C16H14F4IO3.C16H15INO.C15H14FINO5.C15H14IO3/c1-5-13-23(14-6-1)26-21-28(24-15-7-2-8-16-24)30(31-27-19-11-4-12-20-27)29(22-26)25-17-9-3-10-18-25;1-2-4-20(5-3-1)23-21-8-6-19(7-9-21)22-13-16-10-17(14-22)12-18(11-16)15-22;1-22-10-7-13(23-2)15(14(8-10)24-3)21-9-4-5-12(17)11(6-9)16(18,19)20;19-16-7-4-12-18(16)15-10-8-14(9-11-15)17-13-5-2-1-3-6-13;1-21-10-7-13(22-2)15(14(8-10)23-3)17-11-6-9(16)4-5-12(11)18(19)20;1-18-15(17)11-19-14-9-7-13(8-10-14)16-12-5-3-2-4-6-12/h4,11-12,19-25H,1-3,5-10,13-18H2;1-9,16-18H,10-15H2;4-8H,1-3H3;1-3,5-6,8-11H,4,7,12H2;4-8H,1-3H3;2-10H,11H2,1H3/q6*+1. The first-order valence-corrected chi connectivity index (χ1v) is 60.5. The Hall–Kier alpha value is -8.39. The number of ether oxygens (including phenoxy) is 8. The second-order valence-corrected chi connectivity index (χ2v) is 53.2. The molecule has 0 spiro atoms. The molecule has 0 aromatic heterocycles. The lowest BCUT2D eigenvalue weighted by molar-refractivity contribution is -0.606. The van der Waals surface area contributed by atoms with Gasteiger partial charge in [-0.1, -0.05) is 155 Å². The van der Waals surface area contributed by atoms with Crippen molar-refractivity contribution in [1.29, 1.82) is 0 Å². The first-order valence-electron chi connectivity index (χ1n) is 47.6. The van der Waals surface area contributed by atoms with Gasteiger partial charge in [-0.05, 0) is 263 Å². The molecule has 12 aromatic carbocycles. The molecule has 12 aromatic rings. The van der Waals surface area contributed by atoms with E-state index in [1.807, 2.05) is 49.9 Å². The van der Waals surface area contributed by atoms with Gasteiger partial charge in [0.2, 0.25) is 9.48 Å². The van der Waals surface area contributed by atoms with Gasteiger partial charge >= 0.3 is 145 Å². The Morgan fingerprint density at radius 2 is 0.813 bits per heavy atom. The Kier molecular flexibility index (Phi) is 40.8. The highest BCUT2D eigenvalue weighted by Gasteiger charge is 2.52. The van der Waals surface area contributed by atoms with Crippen LogP contribution in [0.4, 0.5) is 33.3 Å². The summed E-state index contributed by atoms with van der Waals surface area (Å²) in [6.45, 7) is 0.815. The molecule has 0 N–H and O–H groups in total. The van der Waals surface area contributed by atoms with Crippen molar-refractivity contribution in [3.63, 3.8) is 0 Å². The minimum atomic E-state index is -4.74. The van der Waals surface area contributed by atoms with Crippen molar-refractivity contribution < 1.29 is 202 Å². The van der Waals surface area contributed by atoms with Crippen molar-refractivity contribution in [2.75, 3.05) is 67.8 Å². The van der Waals surface area contributed by atoms with Crippen molar-refractivity contribution in [2.24, 2.45) is 17.8 Å². The van der Waals surface area contributed by atoms with Crippen LogP contribution >= 0.6 is 0 Å². The largest absolute Gasteiger partial charge is 0.496 e. The normalized spacial score (nSPS) is 17.7. The fourth-order valence-corrected chi connectivity index (χ4v) is 35.4. The molecule has 730 valence electrons. The van der Waals surface area contributed by atoms with Crippen LogP contribution in [-0.2, 0) is 25.9 Å². The minimum Gasteiger partial charge on any atom is -0.496 e. The highest BCUT2D eigenvalue weighted by atomic mass is 127. The second-order valence-electron chi connectivity index (χ2n) is 35.6. The number of alkyl halides is 3. The molecule has 1 saturated heterocycles. The zero-order valence-corrected chi connectivity index (χ0v) is 92.4. The molecule has 1 amide bonds. The van der Waals surface area contributed by atoms with E-state index in [0.717, 1.165) is 72.4 Å². The molecule has 8 aliphatic rings. The molecular formula is C114H121F5I6N2O12+6. The number of hydrogen-bond acceptors (Lipinski definition) is 12. The Morgan fingerprint density at radius 1 is 0.417 bits per heavy atom. The van der Waals surface area contributed by atoms with Crippen LogP contribution in [0, 0.1) is 82.3 Å². The van der Waals surface area contributed by atoms with Gasteiger partial charge < -0.3 is 42.8 Å². The third kappa shape index (κ3) is 30.4. The Balaban J connectivity index is 0.000000134. The molecule has 1 heterocycles. The predicted molar refractivity (Wildman–Crippen MR) is 509 cm³/mol. The summed E-state index contributed by atoms with van der Waals surface area (Å²) >= 11 is -2.59. The van der Waals surface area contributed by atoms with E-state index < -0.39 is 70.7 Å². The number of carbonyl (C=O) groups excluding carboxylic acids is 2. The number of methoxy groups -OCH3 is 7. The van der Waals surface area contributed by atoms with Gasteiger partial charge in [0, 0.05) is 72.2 Å². The first-order chi connectivity index (χ1) is 67.6. The number of anilines is 1. The molecule has 0 radical (unpaired) electrons. The van der Waals surface area contributed by atoms with E-state index in [9.17, 15) is 41.7 Å². The summed E-state index contributed by atoms with van der Waals surface area (Å²) in [5.41, 5.74) is 7.26. The summed E-state index contributed by atoms with van der Waals surface area (Å²) in [6.07, 6.45) is 27.6. The molecule has 20 rings (SSSR count). The van der Waals surface area contributed by atoms with Crippen LogP contribution in [-0.4, -0.2) is 79.7 Å². The van der Waals surface area contributed by atoms with Gasteiger partial charge in [0.1, 0.15) is 28.9 Å². The van der Waals surface area contributed by atoms with Crippen LogP contribution in [0.25, 0.3) is 0 Å². The van der Waals surface area contributed by atoms with Crippen LogP contribution in [0.2, 0.25) is 0 Å². The molecule has 7 aliphatic carbocycles. The van der Waals surface area contributed by atoms with Crippen molar-refractivity contribution in [2.45, 2.75) is 177 Å². The average molecular weight is 2570 g/mol. The Labute approximate surface area is 877 Å². The zero-order chi connectivity index (χ0) is 97.6. The monoisotopic (exact) mass is 2570 g/mol. The number of hydrogen-bond donors (Lipinski definition) is 0. The highest BCUT2D eigenvalue weighted by molar-refractivity contribution is 5.95. The molecule has 8 fully saturated rings. The third-order valence-electron chi connectivity index (χ3n) is 26.3. The van der Waals surface area contributed by atoms with E-state index in [2.05, 4.69) is 181 Å². The topological polar surface area (TPSA) is 154 Å². The van der Waals surface area contributed by atoms with E-state index in [0.29, 0.717) is 66.4 Å².